The summed E-state index contributed by atoms with van der Waals surface area (Å²) in [5.41, 5.74) is 5.24. The van der Waals surface area contributed by atoms with Crippen molar-refractivity contribution in [3.05, 3.63) is 99.8 Å². The summed E-state index contributed by atoms with van der Waals surface area (Å²) in [6.45, 7) is 5.52. The lowest BCUT2D eigenvalue weighted by atomic mass is 9.74. The van der Waals surface area contributed by atoms with Gasteiger partial charge in [-0.15, -0.1) is 0 Å². The molecule has 0 radical (unpaired) electrons. The van der Waals surface area contributed by atoms with Gasteiger partial charge < -0.3 is 4.90 Å². The van der Waals surface area contributed by atoms with E-state index in [4.69, 9.17) is 11.6 Å². The van der Waals surface area contributed by atoms with Crippen molar-refractivity contribution in [2.24, 2.45) is 0 Å². The normalized spacial score (nSPS) is 17.5. The molecule has 1 fully saturated rings. The van der Waals surface area contributed by atoms with Crippen molar-refractivity contribution in [1.29, 1.82) is 0 Å². The second-order valence-electron chi connectivity index (χ2n) is 9.11. The number of aryl methyl sites for hydroxylation is 1. The molecular formula is C27H26ClFN2O. The molecule has 0 atom stereocenters. The second kappa shape index (κ2) is 8.34. The van der Waals surface area contributed by atoms with Crippen LogP contribution in [0.5, 0.6) is 0 Å². The van der Waals surface area contributed by atoms with Gasteiger partial charge in [-0.05, 0) is 80.4 Å². The van der Waals surface area contributed by atoms with Crippen molar-refractivity contribution in [3.8, 4) is 0 Å². The van der Waals surface area contributed by atoms with Crippen molar-refractivity contribution >= 4 is 23.2 Å². The van der Waals surface area contributed by atoms with Crippen LogP contribution in [0, 0.1) is 12.7 Å². The number of nitrogens with zero attached hydrogens (tertiary/aromatic N) is 2. The highest BCUT2D eigenvalue weighted by molar-refractivity contribution is 6.31. The number of hydrogen-bond donors (Lipinski definition) is 0. The van der Waals surface area contributed by atoms with Gasteiger partial charge in [0.1, 0.15) is 5.82 Å². The van der Waals surface area contributed by atoms with Gasteiger partial charge in [0.05, 0.1) is 0 Å². The lowest BCUT2D eigenvalue weighted by Gasteiger charge is -2.40. The van der Waals surface area contributed by atoms with Crippen LogP contribution in [0.25, 0.3) is 0 Å². The Balaban J connectivity index is 1.38. The molecule has 0 unspecified atom stereocenters. The number of carbonyl (C=O) groups excluding carboxylic acids is 1. The van der Waals surface area contributed by atoms with E-state index in [-0.39, 0.29) is 17.1 Å². The molecule has 3 aromatic rings. The number of halogens is 2. The van der Waals surface area contributed by atoms with E-state index in [0.717, 1.165) is 43.7 Å². The molecule has 2 aliphatic heterocycles. The van der Waals surface area contributed by atoms with Crippen LogP contribution < -0.4 is 4.90 Å². The van der Waals surface area contributed by atoms with Crippen LogP contribution in [0.1, 0.15) is 39.9 Å². The number of piperidine rings is 1. The average molecular weight is 449 g/mol. The Bertz CT molecular complexity index is 1150. The van der Waals surface area contributed by atoms with E-state index < -0.39 is 0 Å². The van der Waals surface area contributed by atoms with Crippen LogP contribution in [-0.4, -0.2) is 30.4 Å². The first-order valence-electron chi connectivity index (χ1n) is 11.1. The first-order chi connectivity index (χ1) is 15.4. The van der Waals surface area contributed by atoms with Gasteiger partial charge >= 0.3 is 0 Å². The summed E-state index contributed by atoms with van der Waals surface area (Å²) in [4.78, 5) is 17.8. The number of fused-ring (bicyclic) bond motifs is 2. The Morgan fingerprint density at radius 1 is 1.03 bits per heavy atom. The van der Waals surface area contributed by atoms with Crippen molar-refractivity contribution in [2.75, 3.05) is 24.5 Å². The number of benzene rings is 3. The second-order valence-corrected chi connectivity index (χ2v) is 9.54. The number of anilines is 1. The lowest BCUT2D eigenvalue weighted by molar-refractivity contribution is 0.0975. The summed E-state index contributed by atoms with van der Waals surface area (Å²) < 4.78 is 13.2. The van der Waals surface area contributed by atoms with Crippen LogP contribution in [-0.2, 0) is 12.0 Å². The van der Waals surface area contributed by atoms with Gasteiger partial charge in [0.2, 0.25) is 0 Å². The largest absolute Gasteiger partial charge is 0.307 e. The molecule has 5 rings (SSSR count). The fourth-order valence-electron chi connectivity index (χ4n) is 5.16. The SMILES string of the molecule is Cc1ccc2c(c1)C1(CCN(Cc3ccc(F)cc3)CC1)CN2C(=O)c1cccc(Cl)c1. The number of rotatable bonds is 3. The van der Waals surface area contributed by atoms with Gasteiger partial charge in [-0.1, -0.05) is 47.5 Å². The van der Waals surface area contributed by atoms with Crippen LogP contribution in [0.3, 0.4) is 0 Å². The molecule has 0 aliphatic carbocycles. The highest BCUT2D eigenvalue weighted by atomic mass is 35.5. The molecule has 1 spiro atoms. The number of carbonyl (C=O) groups is 1. The van der Waals surface area contributed by atoms with Crippen molar-refractivity contribution < 1.29 is 9.18 Å². The third-order valence-corrected chi connectivity index (χ3v) is 7.16. The standard InChI is InChI=1S/C27H26ClFN2O/c1-19-5-10-25-24(15-19)27(18-31(25)26(32)21-3-2-4-22(28)16-21)11-13-30(14-12-27)17-20-6-8-23(29)9-7-20/h2-10,15-16H,11-14,17-18H2,1H3. The summed E-state index contributed by atoms with van der Waals surface area (Å²) in [5, 5.41) is 0.572. The lowest BCUT2D eigenvalue weighted by Crippen LogP contribution is -2.45. The molecule has 1 saturated heterocycles. The van der Waals surface area contributed by atoms with E-state index in [9.17, 15) is 9.18 Å². The maximum absolute atomic E-state index is 13.4. The maximum Gasteiger partial charge on any atom is 0.258 e. The number of hydrogen-bond acceptors (Lipinski definition) is 2. The van der Waals surface area contributed by atoms with Gasteiger partial charge in [0.15, 0.2) is 0 Å². The van der Waals surface area contributed by atoms with E-state index in [0.29, 0.717) is 17.1 Å². The summed E-state index contributed by atoms with van der Waals surface area (Å²) >= 11 is 6.15. The number of amides is 1. The molecule has 3 aromatic carbocycles. The molecular weight excluding hydrogens is 423 g/mol. The zero-order valence-electron chi connectivity index (χ0n) is 18.2. The summed E-state index contributed by atoms with van der Waals surface area (Å²) in [6, 6.07) is 20.4. The van der Waals surface area contributed by atoms with Crippen molar-refractivity contribution in [3.63, 3.8) is 0 Å². The van der Waals surface area contributed by atoms with Gasteiger partial charge in [0.25, 0.3) is 5.91 Å². The molecule has 2 heterocycles. The zero-order chi connectivity index (χ0) is 22.3. The monoisotopic (exact) mass is 448 g/mol. The smallest absolute Gasteiger partial charge is 0.258 e. The first kappa shape index (κ1) is 21.2. The predicted molar refractivity (Wildman–Crippen MR) is 127 cm³/mol. The minimum atomic E-state index is -0.200. The minimum Gasteiger partial charge on any atom is -0.307 e. The third kappa shape index (κ3) is 3.94. The maximum atomic E-state index is 13.4. The van der Waals surface area contributed by atoms with Gasteiger partial charge in [-0.3, -0.25) is 9.69 Å². The van der Waals surface area contributed by atoms with Crippen LogP contribution in [0.2, 0.25) is 5.02 Å². The molecule has 1 amide bonds. The molecule has 0 aromatic heterocycles. The van der Waals surface area contributed by atoms with Gasteiger partial charge in [-0.25, -0.2) is 4.39 Å². The molecule has 0 saturated carbocycles. The first-order valence-corrected chi connectivity index (χ1v) is 11.5. The highest BCUT2D eigenvalue weighted by Crippen LogP contribution is 2.48. The Hall–Kier alpha value is -2.69. The van der Waals surface area contributed by atoms with Gasteiger partial charge in [0, 0.05) is 34.8 Å². The Morgan fingerprint density at radius 2 is 1.78 bits per heavy atom. The number of likely N-dealkylation sites (tertiary alicyclic amines) is 1. The van der Waals surface area contributed by atoms with E-state index in [1.165, 1.54) is 23.3 Å². The minimum absolute atomic E-state index is 0.00298. The molecule has 0 N–H and O–H groups in total. The summed E-state index contributed by atoms with van der Waals surface area (Å²) in [5.74, 6) is -0.197. The van der Waals surface area contributed by atoms with Crippen molar-refractivity contribution in [2.45, 2.75) is 31.7 Å². The summed E-state index contributed by atoms with van der Waals surface area (Å²) in [6.07, 6.45) is 1.98. The Kier molecular flexibility index (Phi) is 5.52. The van der Waals surface area contributed by atoms with Crippen LogP contribution >= 0.6 is 11.6 Å². The predicted octanol–water partition coefficient (Wildman–Crippen LogP) is 5.98. The molecule has 3 nitrogen and oxygen atoms in total. The Labute approximate surface area is 193 Å². The average Bonchev–Trinajstić information content (AvgIpc) is 3.10. The molecule has 5 heteroatoms. The fraction of sp³-hybridized carbons (Fsp3) is 0.296. The quantitative estimate of drug-likeness (QED) is 0.492. The van der Waals surface area contributed by atoms with E-state index in [1.54, 1.807) is 12.1 Å². The van der Waals surface area contributed by atoms with Crippen LogP contribution in [0.4, 0.5) is 10.1 Å². The Morgan fingerprint density at radius 3 is 2.50 bits per heavy atom. The summed E-state index contributed by atoms with van der Waals surface area (Å²) in [7, 11) is 0. The van der Waals surface area contributed by atoms with Crippen LogP contribution in [0.15, 0.2) is 66.7 Å². The van der Waals surface area contributed by atoms with Crippen molar-refractivity contribution in [1.82, 2.24) is 4.90 Å². The van der Waals surface area contributed by atoms with E-state index in [1.807, 2.05) is 29.2 Å². The fourth-order valence-corrected chi connectivity index (χ4v) is 5.35. The van der Waals surface area contributed by atoms with Gasteiger partial charge in [-0.2, -0.15) is 0 Å². The molecule has 0 bridgehead atoms. The van der Waals surface area contributed by atoms with E-state index in [2.05, 4.69) is 30.0 Å². The zero-order valence-corrected chi connectivity index (χ0v) is 18.9. The highest BCUT2D eigenvalue weighted by Gasteiger charge is 2.46. The molecule has 32 heavy (non-hydrogen) atoms. The molecule has 2 aliphatic rings. The topological polar surface area (TPSA) is 23.6 Å². The molecule has 164 valence electrons. The van der Waals surface area contributed by atoms with E-state index >= 15 is 0 Å². The third-order valence-electron chi connectivity index (χ3n) is 6.92.